The van der Waals surface area contributed by atoms with E-state index < -0.39 is 0 Å². The van der Waals surface area contributed by atoms with Gasteiger partial charge >= 0.3 is 0 Å². The van der Waals surface area contributed by atoms with E-state index in [9.17, 15) is 9.59 Å². The van der Waals surface area contributed by atoms with Gasteiger partial charge in [-0.25, -0.2) is 15.0 Å². The first kappa shape index (κ1) is 17.6. The third-order valence-corrected chi connectivity index (χ3v) is 4.55. The Balaban J connectivity index is 1.41. The number of piperazine rings is 1. The second-order valence-electron chi connectivity index (χ2n) is 6.31. The molecular formula is C17H25N5O3. The second kappa shape index (κ2) is 8.75. The largest absolute Gasteiger partial charge is 0.339 e. The molecule has 2 aliphatic rings. The van der Waals surface area contributed by atoms with Crippen LogP contribution in [0.1, 0.15) is 32.1 Å². The summed E-state index contributed by atoms with van der Waals surface area (Å²) in [5.74, 6) is 0.631. The van der Waals surface area contributed by atoms with Crippen LogP contribution in [0.4, 0.5) is 5.95 Å². The topological polar surface area (TPSA) is 78.9 Å². The Morgan fingerprint density at radius 2 is 1.64 bits per heavy atom. The van der Waals surface area contributed by atoms with Crippen molar-refractivity contribution in [3.63, 3.8) is 0 Å². The minimum Gasteiger partial charge on any atom is -0.339 e. The molecule has 136 valence electrons. The molecule has 3 rings (SSSR count). The summed E-state index contributed by atoms with van der Waals surface area (Å²) >= 11 is 0. The van der Waals surface area contributed by atoms with Crippen LogP contribution in [-0.2, 0) is 14.4 Å². The first-order valence-corrected chi connectivity index (χ1v) is 8.97. The monoisotopic (exact) mass is 347 g/mol. The predicted molar refractivity (Wildman–Crippen MR) is 91.6 cm³/mol. The molecule has 2 amide bonds. The zero-order chi connectivity index (χ0) is 17.5. The summed E-state index contributed by atoms with van der Waals surface area (Å²) in [6.07, 6.45) is 6.91. The molecule has 8 nitrogen and oxygen atoms in total. The van der Waals surface area contributed by atoms with Gasteiger partial charge in [0.25, 0.3) is 0 Å². The van der Waals surface area contributed by atoms with Gasteiger partial charge in [0.15, 0.2) is 0 Å². The van der Waals surface area contributed by atoms with Gasteiger partial charge in [0.2, 0.25) is 17.8 Å². The van der Waals surface area contributed by atoms with Gasteiger partial charge in [0.1, 0.15) is 0 Å². The molecule has 3 heterocycles. The maximum Gasteiger partial charge on any atom is 0.246 e. The number of carbonyl (C=O) groups excluding carboxylic acids is 2. The lowest BCUT2D eigenvalue weighted by Gasteiger charge is -2.34. The Labute approximate surface area is 147 Å². The van der Waals surface area contributed by atoms with Crippen LogP contribution in [0.15, 0.2) is 18.5 Å². The zero-order valence-corrected chi connectivity index (χ0v) is 14.5. The van der Waals surface area contributed by atoms with Crippen molar-refractivity contribution < 1.29 is 14.4 Å². The number of anilines is 1. The first-order chi connectivity index (χ1) is 12.2. The van der Waals surface area contributed by atoms with E-state index in [0.29, 0.717) is 45.3 Å². The number of amides is 2. The van der Waals surface area contributed by atoms with Crippen LogP contribution < -0.4 is 4.90 Å². The van der Waals surface area contributed by atoms with E-state index in [1.807, 2.05) is 4.90 Å². The molecule has 1 aromatic heterocycles. The lowest BCUT2D eigenvalue weighted by molar-refractivity contribution is -0.184. The average molecular weight is 347 g/mol. The molecule has 2 aliphatic heterocycles. The summed E-state index contributed by atoms with van der Waals surface area (Å²) in [6.45, 7) is 3.89. The van der Waals surface area contributed by atoms with Gasteiger partial charge in [-0.15, -0.1) is 0 Å². The highest BCUT2D eigenvalue weighted by molar-refractivity contribution is 5.83. The normalized spacial score (nSPS) is 18.8. The molecule has 0 N–H and O–H groups in total. The van der Waals surface area contributed by atoms with Crippen LogP contribution in [0, 0.1) is 0 Å². The molecule has 2 saturated heterocycles. The number of hydrogen-bond acceptors (Lipinski definition) is 6. The van der Waals surface area contributed by atoms with Gasteiger partial charge in [-0.3, -0.25) is 14.4 Å². The third kappa shape index (κ3) is 4.88. The van der Waals surface area contributed by atoms with E-state index in [-0.39, 0.29) is 24.7 Å². The number of hydroxylamine groups is 2. The fraction of sp³-hybridized carbons (Fsp3) is 0.647. The summed E-state index contributed by atoms with van der Waals surface area (Å²) in [4.78, 5) is 42.3. The number of aromatic nitrogens is 2. The minimum absolute atomic E-state index is 0.0248. The lowest BCUT2D eigenvalue weighted by Crippen LogP contribution is -2.49. The van der Waals surface area contributed by atoms with Crippen LogP contribution in [0.2, 0.25) is 0 Å². The molecule has 0 saturated carbocycles. The molecule has 0 radical (unpaired) electrons. The number of carbonyl (C=O) groups is 2. The van der Waals surface area contributed by atoms with Gasteiger partial charge in [-0.1, -0.05) is 0 Å². The molecule has 25 heavy (non-hydrogen) atoms. The van der Waals surface area contributed by atoms with E-state index in [0.717, 1.165) is 19.3 Å². The highest BCUT2D eigenvalue weighted by atomic mass is 16.7. The smallest absolute Gasteiger partial charge is 0.246 e. The molecule has 0 atom stereocenters. The Morgan fingerprint density at radius 3 is 2.40 bits per heavy atom. The molecule has 0 unspecified atom stereocenters. The van der Waals surface area contributed by atoms with Crippen molar-refractivity contribution in [2.45, 2.75) is 32.1 Å². The van der Waals surface area contributed by atoms with E-state index in [1.54, 1.807) is 18.5 Å². The maximum absolute atomic E-state index is 12.4. The van der Waals surface area contributed by atoms with E-state index in [2.05, 4.69) is 14.9 Å². The lowest BCUT2D eigenvalue weighted by atomic mass is 10.2. The van der Waals surface area contributed by atoms with Crippen molar-refractivity contribution in [2.24, 2.45) is 0 Å². The number of hydrogen-bond donors (Lipinski definition) is 0. The van der Waals surface area contributed by atoms with Crippen molar-refractivity contribution in [3.8, 4) is 0 Å². The first-order valence-electron chi connectivity index (χ1n) is 8.97. The fourth-order valence-electron chi connectivity index (χ4n) is 3.08. The highest BCUT2D eigenvalue weighted by Gasteiger charge is 2.24. The van der Waals surface area contributed by atoms with E-state index in [4.69, 9.17) is 4.84 Å². The second-order valence-corrected chi connectivity index (χ2v) is 6.31. The van der Waals surface area contributed by atoms with Crippen LogP contribution in [0.5, 0.6) is 0 Å². The van der Waals surface area contributed by atoms with Gasteiger partial charge in [0.05, 0.1) is 6.61 Å². The van der Waals surface area contributed by atoms with Crippen molar-refractivity contribution in [1.82, 2.24) is 19.9 Å². The van der Waals surface area contributed by atoms with Crippen molar-refractivity contribution in [2.75, 3.05) is 44.2 Å². The number of rotatable bonds is 4. The van der Waals surface area contributed by atoms with Crippen LogP contribution in [-0.4, -0.2) is 71.1 Å². The van der Waals surface area contributed by atoms with Crippen LogP contribution in [0.25, 0.3) is 0 Å². The van der Waals surface area contributed by atoms with Crippen LogP contribution in [0.3, 0.4) is 0 Å². The zero-order valence-electron chi connectivity index (χ0n) is 14.5. The molecule has 0 spiro atoms. The predicted octanol–water partition coefficient (Wildman–Crippen LogP) is 0.849. The molecule has 0 aliphatic carbocycles. The summed E-state index contributed by atoms with van der Waals surface area (Å²) in [7, 11) is 0. The van der Waals surface area contributed by atoms with Gasteiger partial charge in [0, 0.05) is 58.0 Å². The SMILES string of the molecule is O=C(CCC(=O)N1CCCCCO1)N1CCN(c2ncccn2)CC1. The van der Waals surface area contributed by atoms with Crippen molar-refractivity contribution >= 4 is 17.8 Å². The highest BCUT2D eigenvalue weighted by Crippen LogP contribution is 2.13. The summed E-state index contributed by atoms with van der Waals surface area (Å²) in [5.41, 5.74) is 0. The molecular weight excluding hydrogens is 322 g/mol. The third-order valence-electron chi connectivity index (χ3n) is 4.55. The van der Waals surface area contributed by atoms with Crippen molar-refractivity contribution in [3.05, 3.63) is 18.5 Å². The maximum atomic E-state index is 12.4. The van der Waals surface area contributed by atoms with Gasteiger partial charge < -0.3 is 9.80 Å². The van der Waals surface area contributed by atoms with E-state index in [1.165, 1.54) is 5.06 Å². The van der Waals surface area contributed by atoms with Gasteiger partial charge in [-0.05, 0) is 25.3 Å². The Hall–Kier alpha value is -2.22. The molecule has 1 aromatic rings. The molecule has 8 heteroatoms. The summed E-state index contributed by atoms with van der Waals surface area (Å²) < 4.78 is 0. The molecule has 0 aromatic carbocycles. The summed E-state index contributed by atoms with van der Waals surface area (Å²) in [6, 6.07) is 1.79. The standard InChI is InChI=1S/C17H25N5O3/c23-15(5-6-16(24)22-9-2-1-3-14-25-22)20-10-12-21(13-11-20)17-18-7-4-8-19-17/h4,7-8H,1-3,5-6,9-14H2. The minimum atomic E-state index is -0.0911. The fourth-order valence-corrected chi connectivity index (χ4v) is 3.08. The Kier molecular flexibility index (Phi) is 6.16. The van der Waals surface area contributed by atoms with Crippen LogP contribution >= 0.6 is 0 Å². The Morgan fingerprint density at radius 1 is 0.920 bits per heavy atom. The molecule has 0 bridgehead atoms. The Bertz CT molecular complexity index is 567. The quantitative estimate of drug-likeness (QED) is 0.803. The van der Waals surface area contributed by atoms with Gasteiger partial charge in [-0.2, -0.15) is 0 Å². The molecule has 2 fully saturated rings. The van der Waals surface area contributed by atoms with E-state index >= 15 is 0 Å². The van der Waals surface area contributed by atoms with Crippen molar-refractivity contribution in [1.29, 1.82) is 0 Å². The summed E-state index contributed by atoms with van der Waals surface area (Å²) in [5, 5.41) is 1.44. The number of nitrogens with zero attached hydrogens (tertiary/aromatic N) is 5. The average Bonchev–Trinajstić information content (AvgIpc) is 2.96.